The molecule has 2 N–H and O–H groups in total. The fraction of sp³-hybridized carbons (Fsp3) is 0.438. The van der Waals surface area contributed by atoms with Gasteiger partial charge in [-0.1, -0.05) is 26.3 Å². The van der Waals surface area contributed by atoms with Crippen LogP contribution in [0.3, 0.4) is 0 Å². The van der Waals surface area contributed by atoms with Gasteiger partial charge >= 0.3 is 0 Å². The molecule has 2 heteroatoms. The van der Waals surface area contributed by atoms with Crippen molar-refractivity contribution < 1.29 is 0 Å². The van der Waals surface area contributed by atoms with Crippen molar-refractivity contribution in [2.24, 2.45) is 0 Å². The molecule has 0 atom stereocenters. The molecule has 0 saturated heterocycles. The van der Waals surface area contributed by atoms with Gasteiger partial charge in [0.15, 0.2) is 0 Å². The minimum absolute atomic E-state index is 0.898. The van der Waals surface area contributed by atoms with Crippen LogP contribution in [0, 0.1) is 6.92 Å². The molecule has 0 bridgehead atoms. The Morgan fingerprint density at radius 1 is 1.22 bits per heavy atom. The van der Waals surface area contributed by atoms with Crippen molar-refractivity contribution in [3.63, 3.8) is 0 Å². The van der Waals surface area contributed by atoms with Crippen LogP contribution in [0.2, 0.25) is 0 Å². The first-order valence-corrected chi connectivity index (χ1v) is 6.85. The molecule has 2 rings (SSSR count). The molecule has 0 spiro atoms. The minimum atomic E-state index is 0.898. The number of aryl methyl sites for hydroxylation is 2. The highest BCUT2D eigenvalue weighted by atomic mass is 14.7. The predicted molar refractivity (Wildman–Crippen MR) is 78.9 cm³/mol. The van der Waals surface area contributed by atoms with Crippen molar-refractivity contribution in [2.45, 2.75) is 46.5 Å². The third kappa shape index (κ3) is 2.33. The normalized spacial score (nSPS) is 11.1. The third-order valence-corrected chi connectivity index (χ3v) is 3.60. The van der Waals surface area contributed by atoms with E-state index in [0.717, 1.165) is 40.7 Å². The van der Waals surface area contributed by atoms with E-state index in [1.807, 2.05) is 0 Å². The Kier molecular flexibility index (Phi) is 3.85. The minimum Gasteiger partial charge on any atom is -0.398 e. The van der Waals surface area contributed by atoms with E-state index in [9.17, 15) is 0 Å². The van der Waals surface area contributed by atoms with Crippen LogP contribution in [0.1, 0.15) is 43.5 Å². The second-order valence-corrected chi connectivity index (χ2v) is 4.91. The van der Waals surface area contributed by atoms with Gasteiger partial charge in [0.2, 0.25) is 0 Å². The summed E-state index contributed by atoms with van der Waals surface area (Å²) in [5.41, 5.74) is 11.8. The van der Waals surface area contributed by atoms with Gasteiger partial charge in [0.1, 0.15) is 0 Å². The van der Waals surface area contributed by atoms with E-state index < -0.39 is 0 Å². The number of nitrogens with two attached hydrogens (primary N) is 1. The van der Waals surface area contributed by atoms with E-state index in [1.165, 1.54) is 18.4 Å². The molecule has 0 fully saturated rings. The lowest BCUT2D eigenvalue weighted by Gasteiger charge is -2.11. The maximum Gasteiger partial charge on any atom is 0.0726 e. The summed E-state index contributed by atoms with van der Waals surface area (Å²) >= 11 is 0. The van der Waals surface area contributed by atoms with Gasteiger partial charge in [-0.2, -0.15) is 0 Å². The third-order valence-electron chi connectivity index (χ3n) is 3.60. The lowest BCUT2D eigenvalue weighted by Crippen LogP contribution is -2.00. The molecular formula is C16H22N2. The summed E-state index contributed by atoms with van der Waals surface area (Å²) < 4.78 is 0. The zero-order valence-corrected chi connectivity index (χ0v) is 11.6. The maximum atomic E-state index is 6.25. The van der Waals surface area contributed by atoms with E-state index >= 15 is 0 Å². The summed E-state index contributed by atoms with van der Waals surface area (Å²) in [5.74, 6) is 0. The molecule has 0 aliphatic rings. The summed E-state index contributed by atoms with van der Waals surface area (Å²) in [5, 5.41) is 1.11. The van der Waals surface area contributed by atoms with Gasteiger partial charge in [-0.25, -0.2) is 0 Å². The van der Waals surface area contributed by atoms with E-state index in [2.05, 4.69) is 39.0 Å². The summed E-state index contributed by atoms with van der Waals surface area (Å²) in [4.78, 5) is 4.70. The predicted octanol–water partition coefficient (Wildman–Crippen LogP) is 4.03. The van der Waals surface area contributed by atoms with Crippen molar-refractivity contribution in [3.05, 3.63) is 35.0 Å². The number of anilines is 1. The number of pyridine rings is 1. The average Bonchev–Trinajstić information content (AvgIpc) is 2.40. The van der Waals surface area contributed by atoms with E-state index in [-0.39, 0.29) is 0 Å². The fourth-order valence-corrected chi connectivity index (χ4v) is 2.36. The van der Waals surface area contributed by atoms with Crippen molar-refractivity contribution in [2.75, 3.05) is 5.73 Å². The largest absolute Gasteiger partial charge is 0.398 e. The van der Waals surface area contributed by atoms with E-state index in [4.69, 9.17) is 10.7 Å². The fourth-order valence-electron chi connectivity index (χ4n) is 2.36. The average molecular weight is 242 g/mol. The number of benzene rings is 1. The quantitative estimate of drug-likeness (QED) is 0.879. The molecule has 0 saturated carbocycles. The first-order chi connectivity index (χ1) is 8.67. The highest BCUT2D eigenvalue weighted by molar-refractivity contribution is 5.92. The van der Waals surface area contributed by atoms with Crippen LogP contribution in [0.5, 0.6) is 0 Å². The van der Waals surface area contributed by atoms with Crippen LogP contribution < -0.4 is 5.73 Å². The number of fused-ring (bicyclic) bond motifs is 1. The molecule has 0 radical (unpaired) electrons. The summed E-state index contributed by atoms with van der Waals surface area (Å²) in [6.07, 6.45) is 4.51. The van der Waals surface area contributed by atoms with Crippen molar-refractivity contribution in [3.8, 4) is 0 Å². The molecular weight excluding hydrogens is 220 g/mol. The molecule has 96 valence electrons. The standard InChI is InChI=1S/C16H22N2/c1-4-6-7-12-8-9-15-13(10-12)16(17)11(3)14(5-2)18-15/h8-10H,4-7H2,1-3H3,(H2,17,18). The summed E-state index contributed by atoms with van der Waals surface area (Å²) in [6, 6.07) is 6.49. The van der Waals surface area contributed by atoms with Gasteiger partial charge in [-0.05, 0) is 49.4 Å². The molecule has 0 aliphatic carbocycles. The van der Waals surface area contributed by atoms with Crippen LogP contribution in [0.15, 0.2) is 18.2 Å². The Balaban J connectivity index is 2.52. The van der Waals surface area contributed by atoms with Gasteiger partial charge in [-0.15, -0.1) is 0 Å². The van der Waals surface area contributed by atoms with Gasteiger partial charge in [0.25, 0.3) is 0 Å². The molecule has 2 aromatic rings. The van der Waals surface area contributed by atoms with E-state index in [0.29, 0.717) is 0 Å². The molecule has 0 unspecified atom stereocenters. The summed E-state index contributed by atoms with van der Waals surface area (Å²) in [7, 11) is 0. The van der Waals surface area contributed by atoms with Gasteiger partial charge in [-0.3, -0.25) is 4.98 Å². The molecule has 0 aliphatic heterocycles. The highest BCUT2D eigenvalue weighted by Crippen LogP contribution is 2.27. The van der Waals surface area contributed by atoms with E-state index in [1.54, 1.807) is 0 Å². The van der Waals surface area contributed by atoms with Gasteiger partial charge in [0, 0.05) is 16.8 Å². The maximum absolute atomic E-state index is 6.25. The number of nitrogens with zero attached hydrogens (tertiary/aromatic N) is 1. The number of hydrogen-bond donors (Lipinski definition) is 1. The number of hydrogen-bond acceptors (Lipinski definition) is 2. The summed E-state index contributed by atoms with van der Waals surface area (Å²) in [6.45, 7) is 6.41. The zero-order valence-electron chi connectivity index (χ0n) is 11.6. The Hall–Kier alpha value is -1.57. The lowest BCUT2D eigenvalue weighted by molar-refractivity contribution is 0.796. The molecule has 1 aromatic heterocycles. The van der Waals surface area contributed by atoms with Crippen LogP contribution in [-0.4, -0.2) is 4.98 Å². The monoisotopic (exact) mass is 242 g/mol. The van der Waals surface area contributed by atoms with Crippen LogP contribution in [0.4, 0.5) is 5.69 Å². The van der Waals surface area contributed by atoms with Gasteiger partial charge in [0.05, 0.1) is 5.52 Å². The van der Waals surface area contributed by atoms with Crippen LogP contribution in [0.25, 0.3) is 10.9 Å². The Morgan fingerprint density at radius 3 is 2.67 bits per heavy atom. The Labute approximate surface area is 109 Å². The number of aromatic nitrogens is 1. The molecule has 1 heterocycles. The number of unbranched alkanes of at least 4 members (excludes halogenated alkanes) is 1. The molecule has 0 amide bonds. The van der Waals surface area contributed by atoms with Crippen LogP contribution in [-0.2, 0) is 12.8 Å². The highest BCUT2D eigenvalue weighted by Gasteiger charge is 2.08. The Bertz CT molecular complexity index is 559. The molecule has 1 aromatic carbocycles. The number of rotatable bonds is 4. The lowest BCUT2D eigenvalue weighted by atomic mass is 10.0. The second kappa shape index (κ2) is 5.38. The van der Waals surface area contributed by atoms with Crippen molar-refractivity contribution >= 4 is 16.6 Å². The number of nitrogen functional groups attached to an aromatic ring is 1. The Morgan fingerprint density at radius 2 is 2.00 bits per heavy atom. The smallest absolute Gasteiger partial charge is 0.0726 e. The second-order valence-electron chi connectivity index (χ2n) is 4.91. The van der Waals surface area contributed by atoms with Crippen molar-refractivity contribution in [1.29, 1.82) is 0 Å². The first kappa shape index (κ1) is 12.9. The zero-order chi connectivity index (χ0) is 13.1. The van der Waals surface area contributed by atoms with Gasteiger partial charge < -0.3 is 5.73 Å². The first-order valence-electron chi connectivity index (χ1n) is 6.85. The topological polar surface area (TPSA) is 38.9 Å². The molecule has 18 heavy (non-hydrogen) atoms. The SMILES string of the molecule is CCCCc1ccc2nc(CC)c(C)c(N)c2c1. The van der Waals surface area contributed by atoms with Crippen LogP contribution >= 0.6 is 0 Å². The molecule has 2 nitrogen and oxygen atoms in total. The van der Waals surface area contributed by atoms with Crippen molar-refractivity contribution in [1.82, 2.24) is 4.98 Å².